The first-order chi connectivity index (χ1) is 12.4. The van der Waals surface area contributed by atoms with E-state index in [0.717, 1.165) is 6.07 Å². The van der Waals surface area contributed by atoms with Crippen molar-refractivity contribution in [3.63, 3.8) is 0 Å². The Bertz CT molecular complexity index is 1070. The fourth-order valence-corrected chi connectivity index (χ4v) is 3.38. The van der Waals surface area contributed by atoms with Crippen molar-refractivity contribution in [1.82, 2.24) is 9.55 Å². The number of rotatable bonds is 6. The lowest BCUT2D eigenvalue weighted by Gasteiger charge is -2.21. The van der Waals surface area contributed by atoms with Crippen molar-refractivity contribution < 1.29 is 26.3 Å². The number of methoxy groups -OCH3 is 1. The Balaban J connectivity index is 2.88. The Hall–Kier alpha value is -2.18. The molecular weight excluding hydrogens is 391 g/mol. The number of hydrogen-bond acceptors (Lipinski definition) is 5. The Labute approximate surface area is 151 Å². The standard InChI is InChI=1S/C15H18F3N3O5S/c1-3-4-12(26-2)8-5-9-11(6-10(8)15(16,17)18)20-14(23)21(13(9)22)7-27(19,24)25/h5-6,12H,3-4,7H2,1-2H3,(H,20,23)(H2,19,24,25). The number of fused-ring (bicyclic) bond motifs is 1. The van der Waals surface area contributed by atoms with Crippen molar-refractivity contribution in [3.8, 4) is 0 Å². The smallest absolute Gasteiger partial charge is 0.377 e. The zero-order chi connectivity index (χ0) is 20.6. The van der Waals surface area contributed by atoms with Crippen LogP contribution in [-0.4, -0.2) is 25.1 Å². The lowest BCUT2D eigenvalue weighted by atomic mass is 9.96. The second-order valence-electron chi connectivity index (χ2n) is 5.95. The van der Waals surface area contributed by atoms with Gasteiger partial charge in [0.15, 0.2) is 0 Å². The van der Waals surface area contributed by atoms with Gasteiger partial charge in [-0.05, 0) is 24.1 Å². The van der Waals surface area contributed by atoms with Crippen LogP contribution >= 0.6 is 0 Å². The van der Waals surface area contributed by atoms with Crippen LogP contribution in [0.3, 0.4) is 0 Å². The van der Waals surface area contributed by atoms with Gasteiger partial charge in [0, 0.05) is 7.11 Å². The van der Waals surface area contributed by atoms with E-state index < -0.39 is 45.0 Å². The first-order valence-corrected chi connectivity index (χ1v) is 9.51. The van der Waals surface area contributed by atoms with Crippen LogP contribution in [0.5, 0.6) is 0 Å². The second kappa shape index (κ2) is 7.44. The van der Waals surface area contributed by atoms with E-state index in [2.05, 4.69) is 4.98 Å². The van der Waals surface area contributed by atoms with Gasteiger partial charge in [0.1, 0.15) is 5.88 Å². The van der Waals surface area contributed by atoms with E-state index in [0.29, 0.717) is 17.1 Å². The molecule has 2 aromatic rings. The number of primary sulfonamides is 1. The summed E-state index contributed by atoms with van der Waals surface area (Å²) < 4.78 is 68.4. The molecule has 1 atom stereocenters. The van der Waals surface area contributed by atoms with Crippen LogP contribution in [0, 0.1) is 0 Å². The van der Waals surface area contributed by atoms with Crippen LogP contribution in [-0.2, 0) is 26.8 Å². The summed E-state index contributed by atoms with van der Waals surface area (Å²) in [7, 11) is -2.98. The molecule has 0 saturated heterocycles. The van der Waals surface area contributed by atoms with Crippen LogP contribution in [0.4, 0.5) is 13.2 Å². The molecule has 0 spiro atoms. The topological polar surface area (TPSA) is 124 Å². The number of benzene rings is 1. The van der Waals surface area contributed by atoms with E-state index in [1.54, 1.807) is 6.92 Å². The van der Waals surface area contributed by atoms with Crippen molar-refractivity contribution in [1.29, 1.82) is 0 Å². The van der Waals surface area contributed by atoms with Gasteiger partial charge in [-0.15, -0.1) is 0 Å². The minimum atomic E-state index is -4.75. The Morgan fingerprint density at radius 3 is 2.41 bits per heavy atom. The summed E-state index contributed by atoms with van der Waals surface area (Å²) in [5.74, 6) is -1.10. The number of H-pyrrole nitrogens is 1. The number of hydrogen-bond donors (Lipinski definition) is 2. The van der Waals surface area contributed by atoms with Crippen LogP contribution in [0.15, 0.2) is 21.7 Å². The normalized spacial score (nSPS) is 13.9. The quantitative estimate of drug-likeness (QED) is 0.747. The molecule has 1 aromatic heterocycles. The summed E-state index contributed by atoms with van der Waals surface area (Å²) in [6.45, 7) is 1.76. The van der Waals surface area contributed by atoms with E-state index in [1.165, 1.54) is 7.11 Å². The number of halogens is 3. The summed E-state index contributed by atoms with van der Waals surface area (Å²) >= 11 is 0. The third-order valence-corrected chi connectivity index (χ3v) is 4.57. The molecule has 1 unspecified atom stereocenters. The minimum absolute atomic E-state index is 0.264. The van der Waals surface area contributed by atoms with Gasteiger partial charge in [-0.25, -0.2) is 22.9 Å². The number of aromatic nitrogens is 2. The van der Waals surface area contributed by atoms with E-state index in [4.69, 9.17) is 9.88 Å². The van der Waals surface area contributed by atoms with Crippen molar-refractivity contribution in [3.05, 3.63) is 44.1 Å². The summed E-state index contributed by atoms with van der Waals surface area (Å²) in [5.41, 5.74) is -3.93. The molecule has 0 radical (unpaired) electrons. The molecule has 0 amide bonds. The molecule has 0 saturated carbocycles. The molecular formula is C15H18F3N3O5S. The zero-order valence-electron chi connectivity index (χ0n) is 14.5. The monoisotopic (exact) mass is 409 g/mol. The number of nitrogens with zero attached hydrogens (tertiary/aromatic N) is 1. The van der Waals surface area contributed by atoms with Crippen LogP contribution in [0.25, 0.3) is 10.9 Å². The lowest BCUT2D eigenvalue weighted by molar-refractivity contribution is -0.139. The first-order valence-electron chi connectivity index (χ1n) is 7.80. The Morgan fingerprint density at radius 1 is 1.30 bits per heavy atom. The minimum Gasteiger partial charge on any atom is -0.377 e. The molecule has 2 rings (SSSR count). The summed E-state index contributed by atoms with van der Waals surface area (Å²) in [6.07, 6.45) is -4.90. The SMILES string of the molecule is CCCC(OC)c1cc2c(=O)n(CS(N)(=O)=O)c(=O)[nH]c2cc1C(F)(F)F. The predicted molar refractivity (Wildman–Crippen MR) is 91.6 cm³/mol. The molecule has 27 heavy (non-hydrogen) atoms. The zero-order valence-corrected chi connectivity index (χ0v) is 15.3. The van der Waals surface area contributed by atoms with Crippen LogP contribution in [0.1, 0.15) is 37.0 Å². The maximum Gasteiger partial charge on any atom is 0.416 e. The summed E-state index contributed by atoms with van der Waals surface area (Å²) in [6, 6.07) is 1.62. The maximum atomic E-state index is 13.5. The molecule has 1 aromatic carbocycles. The number of nitrogens with two attached hydrogens (primary N) is 1. The highest BCUT2D eigenvalue weighted by molar-refractivity contribution is 7.88. The van der Waals surface area contributed by atoms with Crippen molar-refractivity contribution in [2.75, 3.05) is 7.11 Å². The van der Waals surface area contributed by atoms with Gasteiger partial charge in [-0.2, -0.15) is 13.2 Å². The van der Waals surface area contributed by atoms with Crippen LogP contribution < -0.4 is 16.4 Å². The molecule has 8 nitrogen and oxygen atoms in total. The Morgan fingerprint density at radius 2 is 1.93 bits per heavy atom. The fraction of sp³-hybridized carbons (Fsp3) is 0.467. The van der Waals surface area contributed by atoms with Gasteiger partial charge in [-0.1, -0.05) is 13.3 Å². The average Bonchev–Trinajstić information content (AvgIpc) is 2.54. The van der Waals surface area contributed by atoms with Gasteiger partial charge in [0.25, 0.3) is 5.56 Å². The second-order valence-corrected chi connectivity index (χ2v) is 7.54. The number of ether oxygens (including phenoxy) is 1. The van der Waals surface area contributed by atoms with Gasteiger partial charge >= 0.3 is 11.9 Å². The molecule has 12 heteroatoms. The van der Waals surface area contributed by atoms with Gasteiger partial charge in [-0.3, -0.25) is 4.79 Å². The number of nitrogens with one attached hydrogen (secondary N) is 1. The molecule has 150 valence electrons. The molecule has 0 aliphatic heterocycles. The molecule has 0 fully saturated rings. The summed E-state index contributed by atoms with van der Waals surface area (Å²) in [4.78, 5) is 26.6. The third-order valence-electron chi connectivity index (χ3n) is 3.95. The molecule has 3 N–H and O–H groups in total. The van der Waals surface area contributed by atoms with E-state index in [9.17, 15) is 31.2 Å². The fourth-order valence-electron chi connectivity index (χ4n) is 2.79. The highest BCUT2D eigenvalue weighted by Crippen LogP contribution is 2.38. The predicted octanol–water partition coefficient (Wildman–Crippen LogP) is 1.44. The van der Waals surface area contributed by atoms with E-state index in [1.807, 2.05) is 0 Å². The van der Waals surface area contributed by atoms with Crippen molar-refractivity contribution >= 4 is 20.9 Å². The number of alkyl halides is 3. The van der Waals surface area contributed by atoms with Gasteiger partial charge in [0.05, 0.1) is 22.6 Å². The van der Waals surface area contributed by atoms with E-state index in [-0.39, 0.29) is 22.9 Å². The first kappa shape index (κ1) is 21.1. The highest BCUT2D eigenvalue weighted by Gasteiger charge is 2.36. The Kier molecular flexibility index (Phi) is 5.82. The number of aromatic amines is 1. The van der Waals surface area contributed by atoms with Crippen LogP contribution in [0.2, 0.25) is 0 Å². The van der Waals surface area contributed by atoms with Crippen molar-refractivity contribution in [2.45, 2.75) is 37.9 Å². The third kappa shape index (κ3) is 4.57. The maximum absolute atomic E-state index is 13.5. The molecule has 1 heterocycles. The lowest BCUT2D eigenvalue weighted by Crippen LogP contribution is -2.39. The average molecular weight is 409 g/mol. The highest BCUT2D eigenvalue weighted by atomic mass is 32.2. The molecule has 0 bridgehead atoms. The van der Waals surface area contributed by atoms with Gasteiger partial charge < -0.3 is 9.72 Å². The number of sulfonamides is 1. The molecule has 0 aliphatic carbocycles. The molecule has 0 aliphatic rings. The summed E-state index contributed by atoms with van der Waals surface area (Å²) in [5, 5.41) is 4.58. The largest absolute Gasteiger partial charge is 0.416 e. The van der Waals surface area contributed by atoms with Gasteiger partial charge in [0.2, 0.25) is 10.0 Å². The van der Waals surface area contributed by atoms with E-state index >= 15 is 0 Å². The van der Waals surface area contributed by atoms with Crippen molar-refractivity contribution in [2.24, 2.45) is 5.14 Å².